The van der Waals surface area contributed by atoms with E-state index >= 15 is 0 Å². The first-order valence-electron chi connectivity index (χ1n) is 11.1. The molecule has 0 radical (unpaired) electrons. The molecule has 0 heterocycles. The highest BCUT2D eigenvalue weighted by molar-refractivity contribution is 5.66. The van der Waals surface area contributed by atoms with E-state index < -0.39 is 5.60 Å². The van der Waals surface area contributed by atoms with Gasteiger partial charge in [0.15, 0.2) is 0 Å². The predicted octanol–water partition coefficient (Wildman–Crippen LogP) is 5.10. The first kappa shape index (κ1) is 18.8. The first-order valence-corrected chi connectivity index (χ1v) is 11.1. The summed E-state index contributed by atoms with van der Waals surface area (Å²) < 4.78 is 5.58. The van der Waals surface area contributed by atoms with Crippen LogP contribution in [-0.4, -0.2) is 22.8 Å². The highest BCUT2D eigenvalue weighted by Gasteiger charge is 2.64. The Balaban J connectivity index is 1.55. The first-order chi connectivity index (χ1) is 12.2. The molecule has 1 N–H and O–H groups in total. The third-order valence-electron chi connectivity index (χ3n) is 9.86. The number of rotatable bonds is 2. The summed E-state index contributed by atoms with van der Waals surface area (Å²) in [4.78, 5) is 11.4. The average Bonchev–Trinajstić information content (AvgIpc) is 2.87. The lowest BCUT2D eigenvalue weighted by atomic mass is 9.44. The van der Waals surface area contributed by atoms with E-state index in [9.17, 15) is 9.90 Å². The Labute approximate surface area is 159 Å². The number of ether oxygens (including phenoxy) is 1. The van der Waals surface area contributed by atoms with Gasteiger partial charge in [-0.05, 0) is 98.7 Å². The van der Waals surface area contributed by atoms with Gasteiger partial charge in [-0.1, -0.05) is 20.8 Å². The fraction of sp³-hybridized carbons (Fsp3) is 0.957. The Morgan fingerprint density at radius 3 is 2.46 bits per heavy atom. The quantitative estimate of drug-likeness (QED) is 0.695. The highest BCUT2D eigenvalue weighted by Crippen LogP contribution is 2.68. The maximum Gasteiger partial charge on any atom is 0.302 e. The zero-order valence-electron chi connectivity index (χ0n) is 17.2. The molecule has 3 heteroatoms. The number of fused-ring (bicyclic) bond motifs is 5. The molecule has 4 fully saturated rings. The Kier molecular flexibility index (Phi) is 4.49. The van der Waals surface area contributed by atoms with Gasteiger partial charge >= 0.3 is 5.97 Å². The summed E-state index contributed by atoms with van der Waals surface area (Å²) in [5.41, 5.74) is 0.0995. The Hall–Kier alpha value is -0.570. The summed E-state index contributed by atoms with van der Waals surface area (Å²) >= 11 is 0. The molecule has 8 atom stereocenters. The molecule has 0 bridgehead atoms. The lowest BCUT2D eigenvalue weighted by Gasteiger charge is -2.61. The monoisotopic (exact) mass is 362 g/mol. The second-order valence-corrected chi connectivity index (χ2v) is 10.5. The van der Waals surface area contributed by atoms with Crippen molar-refractivity contribution in [3.05, 3.63) is 0 Å². The van der Waals surface area contributed by atoms with Gasteiger partial charge in [0.1, 0.15) is 6.10 Å². The number of carbonyl (C=O) groups excluding carboxylic acids is 1. The van der Waals surface area contributed by atoms with E-state index in [1.165, 1.54) is 38.5 Å². The van der Waals surface area contributed by atoms with E-state index in [1.54, 1.807) is 6.92 Å². The van der Waals surface area contributed by atoms with E-state index in [-0.39, 0.29) is 17.5 Å². The van der Waals surface area contributed by atoms with Gasteiger partial charge in [0.2, 0.25) is 0 Å². The van der Waals surface area contributed by atoms with E-state index in [0.717, 1.165) is 37.5 Å². The van der Waals surface area contributed by atoms with Crippen LogP contribution in [0.2, 0.25) is 0 Å². The third-order valence-corrected chi connectivity index (χ3v) is 9.86. The zero-order chi connectivity index (χ0) is 18.7. The second-order valence-electron chi connectivity index (χ2n) is 10.5. The molecule has 0 aromatic rings. The van der Waals surface area contributed by atoms with Gasteiger partial charge < -0.3 is 9.84 Å². The molecule has 0 aromatic carbocycles. The molecular weight excluding hydrogens is 324 g/mol. The van der Waals surface area contributed by atoms with Gasteiger partial charge in [0, 0.05) is 6.92 Å². The molecule has 3 nitrogen and oxygen atoms in total. The van der Waals surface area contributed by atoms with Crippen LogP contribution in [0.15, 0.2) is 0 Å². The minimum absolute atomic E-state index is 0.120. The largest absolute Gasteiger partial charge is 0.463 e. The molecule has 0 aromatic heterocycles. The van der Waals surface area contributed by atoms with Crippen molar-refractivity contribution in [3.8, 4) is 0 Å². The van der Waals surface area contributed by atoms with E-state index in [0.29, 0.717) is 17.3 Å². The lowest BCUT2D eigenvalue weighted by molar-refractivity contribution is -0.169. The smallest absolute Gasteiger partial charge is 0.302 e. The van der Waals surface area contributed by atoms with Crippen LogP contribution < -0.4 is 0 Å². The third kappa shape index (κ3) is 2.52. The SMILES string of the molecule is CC[C@]1(O)CC[C@@H]2[C@H]3CC[C@H]4C[C@@H](OC(C)=O)CC[C@]4(C)[C@@H]3CC[C@]21C. The van der Waals surface area contributed by atoms with Crippen LogP contribution in [0, 0.1) is 34.5 Å². The van der Waals surface area contributed by atoms with Crippen LogP contribution >= 0.6 is 0 Å². The molecule has 0 saturated heterocycles. The Morgan fingerprint density at radius 1 is 1.04 bits per heavy atom. The normalized spacial score (nSPS) is 53.3. The van der Waals surface area contributed by atoms with Gasteiger partial charge in [0.25, 0.3) is 0 Å². The molecule has 26 heavy (non-hydrogen) atoms. The maximum atomic E-state index is 11.4. The van der Waals surface area contributed by atoms with Crippen LogP contribution in [-0.2, 0) is 9.53 Å². The molecule has 4 aliphatic rings. The number of aliphatic hydroxyl groups is 1. The molecular formula is C23H38O3. The predicted molar refractivity (Wildman–Crippen MR) is 103 cm³/mol. The Morgan fingerprint density at radius 2 is 1.77 bits per heavy atom. The van der Waals surface area contributed by atoms with Crippen molar-refractivity contribution >= 4 is 5.97 Å². The van der Waals surface area contributed by atoms with Gasteiger partial charge in [0.05, 0.1) is 5.60 Å². The fourth-order valence-electron chi connectivity index (χ4n) is 8.25. The summed E-state index contributed by atoms with van der Waals surface area (Å²) in [5.74, 6) is 2.89. The van der Waals surface area contributed by atoms with Crippen LogP contribution in [0.3, 0.4) is 0 Å². The van der Waals surface area contributed by atoms with Crippen LogP contribution in [0.1, 0.15) is 91.9 Å². The number of carbonyl (C=O) groups is 1. The summed E-state index contributed by atoms with van der Waals surface area (Å²) in [6, 6.07) is 0. The van der Waals surface area contributed by atoms with Gasteiger partial charge in [-0.25, -0.2) is 0 Å². The van der Waals surface area contributed by atoms with Gasteiger partial charge in [-0.3, -0.25) is 4.79 Å². The summed E-state index contributed by atoms with van der Waals surface area (Å²) in [6.45, 7) is 8.66. The minimum atomic E-state index is -0.437. The van der Waals surface area contributed by atoms with Gasteiger partial charge in [-0.15, -0.1) is 0 Å². The van der Waals surface area contributed by atoms with Crippen molar-refractivity contribution in [1.82, 2.24) is 0 Å². The summed E-state index contributed by atoms with van der Waals surface area (Å²) in [5, 5.41) is 11.3. The standard InChI is InChI=1S/C23H38O3/c1-5-23(25)13-10-20-18-7-6-16-14-17(26-15(2)24)8-11-21(16,3)19(18)9-12-22(20,23)4/h16-20,25H,5-14H2,1-4H3/t16-,17-,18-,19+,20+,21-,22+,23-/m0/s1. The van der Waals surface area contributed by atoms with Crippen molar-refractivity contribution < 1.29 is 14.6 Å². The molecule has 4 rings (SSSR count). The van der Waals surface area contributed by atoms with Crippen molar-refractivity contribution in [1.29, 1.82) is 0 Å². The molecule has 0 amide bonds. The maximum absolute atomic E-state index is 11.4. The number of esters is 1. The lowest BCUT2D eigenvalue weighted by Crippen LogP contribution is -2.56. The van der Waals surface area contributed by atoms with Crippen molar-refractivity contribution in [2.24, 2.45) is 34.5 Å². The van der Waals surface area contributed by atoms with Crippen LogP contribution in [0.5, 0.6) is 0 Å². The molecule has 148 valence electrons. The molecule has 0 unspecified atom stereocenters. The number of hydrogen-bond donors (Lipinski definition) is 1. The topological polar surface area (TPSA) is 46.5 Å². The molecule has 4 saturated carbocycles. The summed E-state index contributed by atoms with van der Waals surface area (Å²) in [7, 11) is 0. The number of hydrogen-bond acceptors (Lipinski definition) is 3. The second kappa shape index (κ2) is 6.22. The van der Waals surface area contributed by atoms with Crippen LogP contribution in [0.25, 0.3) is 0 Å². The van der Waals surface area contributed by atoms with Gasteiger partial charge in [-0.2, -0.15) is 0 Å². The Bertz CT molecular complexity index is 574. The van der Waals surface area contributed by atoms with Crippen molar-refractivity contribution in [2.75, 3.05) is 0 Å². The van der Waals surface area contributed by atoms with Crippen molar-refractivity contribution in [2.45, 2.75) is 104 Å². The van der Waals surface area contributed by atoms with E-state index in [2.05, 4.69) is 20.8 Å². The average molecular weight is 363 g/mol. The zero-order valence-corrected chi connectivity index (χ0v) is 17.2. The molecule has 0 aliphatic heterocycles. The van der Waals surface area contributed by atoms with E-state index in [4.69, 9.17) is 4.74 Å². The molecule has 0 spiro atoms. The highest BCUT2D eigenvalue weighted by atomic mass is 16.5. The van der Waals surface area contributed by atoms with Crippen LogP contribution in [0.4, 0.5) is 0 Å². The molecule has 4 aliphatic carbocycles. The summed E-state index contributed by atoms with van der Waals surface area (Å²) in [6.07, 6.45) is 11.7. The minimum Gasteiger partial charge on any atom is -0.463 e. The fourth-order valence-corrected chi connectivity index (χ4v) is 8.25. The van der Waals surface area contributed by atoms with E-state index in [1.807, 2.05) is 0 Å². The van der Waals surface area contributed by atoms with Crippen molar-refractivity contribution in [3.63, 3.8) is 0 Å².